The lowest BCUT2D eigenvalue weighted by Gasteiger charge is -2.02. The van der Waals surface area contributed by atoms with Gasteiger partial charge in [0.1, 0.15) is 18.9 Å². The maximum atomic E-state index is 10.6. The molecule has 0 spiro atoms. The Labute approximate surface area is 243 Å². The Morgan fingerprint density at radius 3 is 1.61 bits per heavy atom. The van der Waals surface area contributed by atoms with Crippen molar-refractivity contribution in [3.63, 3.8) is 0 Å². The van der Waals surface area contributed by atoms with E-state index in [-0.39, 0.29) is 0 Å². The predicted octanol–water partition coefficient (Wildman–Crippen LogP) is 8.35. The van der Waals surface area contributed by atoms with E-state index >= 15 is 0 Å². The van der Waals surface area contributed by atoms with Crippen LogP contribution in [0.3, 0.4) is 0 Å². The van der Waals surface area contributed by atoms with Gasteiger partial charge in [0.25, 0.3) is 0 Å². The molecule has 1 N–H and O–H groups in total. The number of carboxylic acid groups (broad SMARTS) is 1. The Balaban J connectivity index is 0.000000274. The Kier molecular flexibility index (Phi) is 14.4. The largest absolute Gasteiger partial charge is 0.478 e. The first-order chi connectivity index (χ1) is 19.3. The molecule has 0 heterocycles. The molecule has 0 radical (unpaired) electrons. The average Bonchev–Trinajstić information content (AvgIpc) is 2.94. The number of rotatable bonds is 4. The van der Waals surface area contributed by atoms with Crippen LogP contribution in [-0.2, 0) is 0 Å². The standard InChI is InChI=1S/C9H10O2.3C9H10O/c1-6-4-3-5-8(7(6)2)9(10)11;1-7-3-4-9(6-10)5-8(7)2;1-7-3-4-9(6-10)8(2)5-7;1-7-3-4-8(2)9(5-7)6-10/h3-5H,1-2H3,(H,10,11);3*3-6H,1-2H3. The van der Waals surface area contributed by atoms with Crippen LogP contribution in [0.1, 0.15) is 85.9 Å². The SMILES string of the molecule is Cc1ccc(C)c(C=O)c1.Cc1ccc(C=O)c(C)c1.Cc1ccc(C=O)cc1C.Cc1cccc(C(=O)O)c1C. The molecule has 0 amide bonds. The van der Waals surface area contributed by atoms with E-state index in [2.05, 4.69) is 0 Å². The summed E-state index contributed by atoms with van der Waals surface area (Å²) >= 11 is 0. The molecular formula is C36H40O5. The molecule has 0 unspecified atom stereocenters. The van der Waals surface area contributed by atoms with Crippen molar-refractivity contribution < 1.29 is 24.3 Å². The highest BCUT2D eigenvalue weighted by molar-refractivity contribution is 5.89. The number of hydrogen-bond acceptors (Lipinski definition) is 4. The summed E-state index contributed by atoms with van der Waals surface area (Å²) in [7, 11) is 0. The molecule has 0 saturated carbocycles. The van der Waals surface area contributed by atoms with Crippen LogP contribution in [0.5, 0.6) is 0 Å². The Hall–Kier alpha value is -4.64. The van der Waals surface area contributed by atoms with Gasteiger partial charge in [-0.3, -0.25) is 14.4 Å². The molecule has 4 aromatic carbocycles. The summed E-state index contributed by atoms with van der Waals surface area (Å²) in [6, 6.07) is 22.6. The second kappa shape index (κ2) is 17.1. The number of aryl methyl sites for hydroxylation is 7. The van der Waals surface area contributed by atoms with E-state index < -0.39 is 5.97 Å². The van der Waals surface area contributed by atoms with Gasteiger partial charge in [0, 0.05) is 16.7 Å². The highest BCUT2D eigenvalue weighted by atomic mass is 16.4. The van der Waals surface area contributed by atoms with Crippen LogP contribution in [0.25, 0.3) is 0 Å². The van der Waals surface area contributed by atoms with Gasteiger partial charge in [-0.2, -0.15) is 0 Å². The first kappa shape index (κ1) is 34.4. The van der Waals surface area contributed by atoms with Crippen LogP contribution in [-0.4, -0.2) is 29.9 Å². The number of hydrogen-bond donors (Lipinski definition) is 1. The monoisotopic (exact) mass is 552 g/mol. The molecule has 4 rings (SSSR count). The number of carbonyl (C=O) groups is 4. The summed E-state index contributed by atoms with van der Waals surface area (Å²) in [5.41, 5.74) is 11.4. The zero-order chi connectivity index (χ0) is 31.1. The number of aldehydes is 3. The fraction of sp³-hybridized carbons (Fsp3) is 0.222. The molecule has 0 atom stereocenters. The van der Waals surface area contributed by atoms with Crippen molar-refractivity contribution in [3.8, 4) is 0 Å². The summed E-state index contributed by atoms with van der Waals surface area (Å²) in [5, 5.41) is 8.69. The molecular weight excluding hydrogens is 512 g/mol. The van der Waals surface area contributed by atoms with Crippen LogP contribution in [0, 0.1) is 55.4 Å². The van der Waals surface area contributed by atoms with Crippen LogP contribution < -0.4 is 0 Å². The van der Waals surface area contributed by atoms with Crippen LogP contribution in [0.4, 0.5) is 0 Å². The third kappa shape index (κ3) is 11.6. The number of carbonyl (C=O) groups excluding carboxylic acids is 3. The topological polar surface area (TPSA) is 88.5 Å². The first-order valence-electron chi connectivity index (χ1n) is 13.2. The molecule has 0 saturated heterocycles. The van der Waals surface area contributed by atoms with Gasteiger partial charge in [-0.25, -0.2) is 4.79 Å². The minimum atomic E-state index is -0.855. The van der Waals surface area contributed by atoms with Gasteiger partial charge in [-0.15, -0.1) is 0 Å². The summed E-state index contributed by atoms with van der Waals surface area (Å²) in [6.45, 7) is 15.6. The lowest BCUT2D eigenvalue weighted by molar-refractivity contribution is 0.0695. The molecule has 0 fully saturated rings. The number of aromatic carboxylic acids is 1. The lowest BCUT2D eigenvalue weighted by atomic mass is 10.0. The van der Waals surface area contributed by atoms with Gasteiger partial charge >= 0.3 is 5.97 Å². The van der Waals surface area contributed by atoms with Gasteiger partial charge in [0.15, 0.2) is 0 Å². The van der Waals surface area contributed by atoms with Crippen molar-refractivity contribution in [2.75, 3.05) is 0 Å². The van der Waals surface area contributed by atoms with E-state index in [9.17, 15) is 19.2 Å². The summed E-state index contributed by atoms with van der Waals surface area (Å²) < 4.78 is 0. The zero-order valence-electron chi connectivity index (χ0n) is 25.2. The zero-order valence-corrected chi connectivity index (χ0v) is 25.2. The Morgan fingerprint density at radius 2 is 1.12 bits per heavy atom. The molecule has 0 aliphatic rings. The molecule has 0 aliphatic heterocycles. The van der Waals surface area contributed by atoms with Crippen LogP contribution >= 0.6 is 0 Å². The van der Waals surface area contributed by atoms with E-state index in [1.165, 1.54) is 16.7 Å². The van der Waals surface area contributed by atoms with E-state index in [0.717, 1.165) is 63.4 Å². The van der Waals surface area contributed by atoms with E-state index in [0.29, 0.717) is 5.56 Å². The van der Waals surface area contributed by atoms with E-state index in [4.69, 9.17) is 5.11 Å². The van der Waals surface area contributed by atoms with E-state index in [1.807, 2.05) is 116 Å². The molecule has 41 heavy (non-hydrogen) atoms. The highest BCUT2D eigenvalue weighted by Crippen LogP contribution is 2.12. The Morgan fingerprint density at radius 1 is 0.537 bits per heavy atom. The summed E-state index contributed by atoms with van der Waals surface area (Å²) in [4.78, 5) is 41.6. The lowest BCUT2D eigenvalue weighted by Crippen LogP contribution is -2.00. The van der Waals surface area contributed by atoms with Crippen molar-refractivity contribution >= 4 is 24.8 Å². The van der Waals surface area contributed by atoms with Crippen molar-refractivity contribution in [1.29, 1.82) is 0 Å². The second-order valence-corrected chi connectivity index (χ2v) is 9.97. The molecule has 5 nitrogen and oxygen atoms in total. The van der Waals surface area contributed by atoms with E-state index in [1.54, 1.807) is 12.1 Å². The molecule has 4 aromatic rings. The molecule has 0 bridgehead atoms. The smallest absolute Gasteiger partial charge is 0.335 e. The van der Waals surface area contributed by atoms with Gasteiger partial charge in [-0.05, 0) is 107 Å². The normalized spacial score (nSPS) is 9.46. The quantitative estimate of drug-likeness (QED) is 0.257. The Bertz CT molecular complexity index is 1500. The molecule has 0 aromatic heterocycles. The van der Waals surface area contributed by atoms with Crippen molar-refractivity contribution in [1.82, 2.24) is 0 Å². The first-order valence-corrected chi connectivity index (χ1v) is 13.2. The van der Waals surface area contributed by atoms with Gasteiger partial charge < -0.3 is 5.11 Å². The second-order valence-electron chi connectivity index (χ2n) is 9.97. The minimum Gasteiger partial charge on any atom is -0.478 e. The van der Waals surface area contributed by atoms with Crippen molar-refractivity contribution in [2.45, 2.75) is 55.4 Å². The highest BCUT2D eigenvalue weighted by Gasteiger charge is 2.06. The molecule has 214 valence electrons. The number of benzene rings is 4. The fourth-order valence-electron chi connectivity index (χ4n) is 3.67. The molecule has 0 aliphatic carbocycles. The number of carboxylic acids is 1. The van der Waals surface area contributed by atoms with Crippen molar-refractivity contribution in [3.05, 3.63) is 140 Å². The third-order valence-electron chi connectivity index (χ3n) is 6.62. The molecule has 5 heteroatoms. The maximum absolute atomic E-state index is 10.6. The third-order valence-corrected chi connectivity index (χ3v) is 6.62. The fourth-order valence-corrected chi connectivity index (χ4v) is 3.67. The van der Waals surface area contributed by atoms with Crippen LogP contribution in [0.2, 0.25) is 0 Å². The summed E-state index contributed by atoms with van der Waals surface area (Å²) in [6.07, 6.45) is 2.64. The average molecular weight is 553 g/mol. The van der Waals surface area contributed by atoms with Crippen molar-refractivity contribution in [2.24, 2.45) is 0 Å². The van der Waals surface area contributed by atoms with Crippen LogP contribution in [0.15, 0.2) is 72.8 Å². The van der Waals surface area contributed by atoms with Gasteiger partial charge in [0.2, 0.25) is 0 Å². The van der Waals surface area contributed by atoms with Gasteiger partial charge in [-0.1, -0.05) is 65.7 Å². The minimum absolute atomic E-state index is 0.394. The predicted molar refractivity (Wildman–Crippen MR) is 167 cm³/mol. The summed E-state index contributed by atoms with van der Waals surface area (Å²) in [5.74, 6) is -0.855. The maximum Gasteiger partial charge on any atom is 0.335 e. The van der Waals surface area contributed by atoms with Gasteiger partial charge in [0.05, 0.1) is 5.56 Å².